The van der Waals surface area contributed by atoms with Gasteiger partial charge in [-0.3, -0.25) is 0 Å². The average molecular weight is 475 g/mol. The molecule has 182 valence electrons. The molecule has 0 radical (unpaired) electrons. The first-order valence-corrected chi connectivity index (χ1v) is 11.9. The Morgan fingerprint density at radius 3 is 2.14 bits per heavy atom. The van der Waals surface area contributed by atoms with Crippen molar-refractivity contribution in [1.82, 2.24) is 15.0 Å². The number of nitrogens with one attached hydrogen (secondary N) is 2. The van der Waals surface area contributed by atoms with E-state index in [2.05, 4.69) is 77.0 Å². The minimum atomic E-state index is 0.387. The van der Waals surface area contributed by atoms with Crippen LogP contribution in [0, 0.1) is 0 Å². The van der Waals surface area contributed by atoms with E-state index >= 15 is 0 Å². The maximum atomic E-state index is 5.47. The Kier molecular flexibility index (Phi) is 7.61. The molecule has 1 aromatic heterocycles. The summed E-state index contributed by atoms with van der Waals surface area (Å²) in [6.45, 7) is 6.77. The van der Waals surface area contributed by atoms with Gasteiger partial charge in [-0.05, 0) is 23.3 Å². The second-order valence-electron chi connectivity index (χ2n) is 8.28. The normalized spacial score (nSPS) is 16.5. The molecule has 2 fully saturated rings. The van der Waals surface area contributed by atoms with Crippen molar-refractivity contribution in [3.8, 4) is 0 Å². The van der Waals surface area contributed by atoms with E-state index in [4.69, 9.17) is 9.47 Å². The topological polar surface area (TPSA) is 100 Å². The Balaban J connectivity index is 1.26. The van der Waals surface area contributed by atoms with Gasteiger partial charge in [-0.15, -0.1) is 0 Å². The van der Waals surface area contributed by atoms with Gasteiger partial charge in [-0.25, -0.2) is 5.43 Å². The molecule has 0 aliphatic carbocycles. The van der Waals surface area contributed by atoms with Crippen LogP contribution in [0.4, 0.5) is 23.5 Å². The van der Waals surface area contributed by atoms with Crippen LogP contribution in [-0.2, 0) is 16.0 Å². The van der Waals surface area contributed by atoms with Crippen molar-refractivity contribution in [3.63, 3.8) is 0 Å². The van der Waals surface area contributed by atoms with Gasteiger partial charge < -0.3 is 24.6 Å². The summed E-state index contributed by atoms with van der Waals surface area (Å²) in [7, 11) is 0. The third kappa shape index (κ3) is 6.43. The second-order valence-corrected chi connectivity index (χ2v) is 8.28. The molecule has 10 heteroatoms. The zero-order valence-corrected chi connectivity index (χ0v) is 19.6. The van der Waals surface area contributed by atoms with Gasteiger partial charge in [0.1, 0.15) is 0 Å². The molecule has 2 saturated heterocycles. The molecule has 3 aromatic rings. The molecule has 35 heavy (non-hydrogen) atoms. The lowest BCUT2D eigenvalue weighted by Gasteiger charge is -2.28. The Morgan fingerprint density at radius 2 is 1.43 bits per heavy atom. The zero-order valence-electron chi connectivity index (χ0n) is 19.6. The molecule has 2 N–H and O–H groups in total. The van der Waals surface area contributed by atoms with Gasteiger partial charge in [0.2, 0.25) is 17.8 Å². The third-order valence-corrected chi connectivity index (χ3v) is 5.86. The van der Waals surface area contributed by atoms with Crippen molar-refractivity contribution in [2.75, 3.05) is 73.1 Å². The number of rotatable bonds is 8. The molecular weight excluding hydrogens is 444 g/mol. The fourth-order valence-electron chi connectivity index (χ4n) is 3.93. The number of benzene rings is 2. The van der Waals surface area contributed by atoms with Crippen LogP contribution in [0.1, 0.15) is 11.1 Å². The van der Waals surface area contributed by atoms with Crippen molar-refractivity contribution in [2.24, 2.45) is 5.10 Å². The van der Waals surface area contributed by atoms with Gasteiger partial charge in [0, 0.05) is 38.4 Å². The van der Waals surface area contributed by atoms with Gasteiger partial charge in [-0.1, -0.05) is 42.5 Å². The van der Waals surface area contributed by atoms with Crippen molar-refractivity contribution in [1.29, 1.82) is 0 Å². The number of morpholine rings is 2. The van der Waals surface area contributed by atoms with Crippen LogP contribution in [0.15, 0.2) is 59.7 Å². The highest BCUT2D eigenvalue weighted by Crippen LogP contribution is 2.17. The molecule has 0 amide bonds. The van der Waals surface area contributed by atoms with E-state index in [-0.39, 0.29) is 0 Å². The summed E-state index contributed by atoms with van der Waals surface area (Å²) in [4.78, 5) is 18.1. The third-order valence-electron chi connectivity index (χ3n) is 5.86. The lowest BCUT2D eigenvalue weighted by Crippen LogP contribution is -2.37. The first-order valence-electron chi connectivity index (χ1n) is 11.9. The highest BCUT2D eigenvalue weighted by atomic mass is 16.5. The van der Waals surface area contributed by atoms with Crippen molar-refractivity contribution in [2.45, 2.75) is 6.54 Å². The van der Waals surface area contributed by atoms with E-state index in [0.717, 1.165) is 50.5 Å². The Morgan fingerprint density at radius 1 is 0.771 bits per heavy atom. The van der Waals surface area contributed by atoms with E-state index in [9.17, 15) is 0 Å². The first-order chi connectivity index (χ1) is 17.3. The standard InChI is InChI=1S/C25H30N8O2/c1-2-4-20(5-3-1)18-26-23-28-24(30-25(29-23)33-12-16-35-17-13-33)31-27-19-21-6-8-22(9-7-21)32-10-14-34-15-11-32/h1-9,19H,10-18H2,(H2,26,28,29,30,31)/b27-19-. The number of hydrogen-bond acceptors (Lipinski definition) is 10. The number of hydrazone groups is 1. The Labute approximate surface area is 205 Å². The number of aromatic nitrogens is 3. The van der Waals surface area contributed by atoms with Crippen molar-refractivity contribution < 1.29 is 9.47 Å². The molecule has 3 heterocycles. The van der Waals surface area contributed by atoms with Gasteiger partial charge in [-0.2, -0.15) is 20.1 Å². The fraction of sp³-hybridized carbons (Fsp3) is 0.360. The molecule has 0 unspecified atom stereocenters. The molecule has 2 aliphatic heterocycles. The van der Waals surface area contributed by atoms with Gasteiger partial charge in [0.05, 0.1) is 32.6 Å². The number of anilines is 4. The van der Waals surface area contributed by atoms with E-state index in [1.165, 1.54) is 5.69 Å². The van der Waals surface area contributed by atoms with Crippen LogP contribution in [0.3, 0.4) is 0 Å². The van der Waals surface area contributed by atoms with Crippen LogP contribution in [0.2, 0.25) is 0 Å². The van der Waals surface area contributed by atoms with E-state index in [1.807, 2.05) is 18.2 Å². The SMILES string of the molecule is C(=N/Nc1nc(NCc2ccccc2)nc(N2CCOCC2)n1)/c1ccc(N2CCOCC2)cc1. The number of hydrogen-bond donors (Lipinski definition) is 2. The van der Waals surface area contributed by atoms with Crippen molar-refractivity contribution in [3.05, 3.63) is 65.7 Å². The summed E-state index contributed by atoms with van der Waals surface area (Å²) < 4.78 is 10.9. The van der Waals surface area contributed by atoms with Gasteiger partial charge >= 0.3 is 0 Å². The van der Waals surface area contributed by atoms with Crippen LogP contribution >= 0.6 is 0 Å². The summed E-state index contributed by atoms with van der Waals surface area (Å²) in [6, 6.07) is 18.5. The summed E-state index contributed by atoms with van der Waals surface area (Å²) in [5.41, 5.74) is 6.30. The smallest absolute Gasteiger partial charge is 0.250 e. The maximum absolute atomic E-state index is 5.47. The monoisotopic (exact) mass is 474 g/mol. The molecule has 2 aliphatic rings. The van der Waals surface area contributed by atoms with E-state index < -0.39 is 0 Å². The molecule has 0 atom stereocenters. The average Bonchev–Trinajstić information content (AvgIpc) is 2.94. The van der Waals surface area contributed by atoms with E-state index in [1.54, 1.807) is 6.21 Å². The van der Waals surface area contributed by atoms with Crippen LogP contribution in [0.25, 0.3) is 0 Å². The zero-order chi connectivity index (χ0) is 23.7. The molecule has 10 nitrogen and oxygen atoms in total. The first kappa shape index (κ1) is 23.0. The van der Waals surface area contributed by atoms with Crippen LogP contribution in [-0.4, -0.2) is 73.8 Å². The second kappa shape index (κ2) is 11.6. The largest absolute Gasteiger partial charge is 0.378 e. The van der Waals surface area contributed by atoms with Gasteiger partial charge in [0.25, 0.3) is 0 Å². The van der Waals surface area contributed by atoms with Crippen LogP contribution < -0.4 is 20.5 Å². The highest BCUT2D eigenvalue weighted by Gasteiger charge is 2.16. The molecule has 0 spiro atoms. The quantitative estimate of drug-likeness (QED) is 0.377. The maximum Gasteiger partial charge on any atom is 0.250 e. The minimum absolute atomic E-state index is 0.387. The molecular formula is C25H30N8O2. The summed E-state index contributed by atoms with van der Waals surface area (Å²) in [5, 5.41) is 7.67. The Bertz CT molecular complexity index is 1100. The molecule has 2 aromatic carbocycles. The Hall–Kier alpha value is -3.76. The molecule has 0 saturated carbocycles. The highest BCUT2D eigenvalue weighted by molar-refractivity contribution is 5.80. The van der Waals surface area contributed by atoms with Gasteiger partial charge in [0.15, 0.2) is 0 Å². The lowest BCUT2D eigenvalue weighted by atomic mass is 10.2. The number of nitrogens with zero attached hydrogens (tertiary/aromatic N) is 6. The predicted octanol–water partition coefficient (Wildman–Crippen LogP) is 2.60. The molecule has 0 bridgehead atoms. The summed E-state index contributed by atoms with van der Waals surface area (Å²) in [5.74, 6) is 1.49. The fourth-order valence-corrected chi connectivity index (χ4v) is 3.93. The molecule has 5 rings (SSSR count). The summed E-state index contributed by atoms with van der Waals surface area (Å²) >= 11 is 0. The lowest BCUT2D eigenvalue weighted by molar-refractivity contribution is 0.122. The number of ether oxygens (including phenoxy) is 2. The van der Waals surface area contributed by atoms with Crippen LogP contribution in [0.5, 0.6) is 0 Å². The van der Waals surface area contributed by atoms with E-state index in [0.29, 0.717) is 37.6 Å². The van der Waals surface area contributed by atoms with Crippen molar-refractivity contribution >= 4 is 29.7 Å². The predicted molar refractivity (Wildman–Crippen MR) is 137 cm³/mol. The summed E-state index contributed by atoms with van der Waals surface area (Å²) in [6.07, 6.45) is 1.76. The minimum Gasteiger partial charge on any atom is -0.378 e.